The van der Waals surface area contributed by atoms with Gasteiger partial charge in [0.25, 0.3) is 0 Å². The number of carbonyl (C=O) groups excluding carboxylic acids is 2. The SMILES string of the molecule is C.C.C=C[C@H]1[C@@H]2CCCC[C@H]2C[C@@H](CO)[C@@H]1CC.CC[C@H]1[C@H](COC(C)=O)C[C@H](C)[C@@H](CC)[C@@H]1C=O.[CH3-].[Zn]. The van der Waals surface area contributed by atoms with Gasteiger partial charge in [-0.3, -0.25) is 4.79 Å². The molecule has 3 aliphatic carbocycles. The van der Waals surface area contributed by atoms with Crippen molar-refractivity contribution in [3.05, 3.63) is 20.1 Å². The minimum Gasteiger partial charge on any atom is -0.466 e. The van der Waals surface area contributed by atoms with Gasteiger partial charge in [-0.25, -0.2) is 0 Å². The molecule has 1 N–H and O–H groups in total. The number of fused-ring (bicyclic) bond motifs is 1. The minimum atomic E-state index is -0.224. The van der Waals surface area contributed by atoms with Crippen molar-refractivity contribution in [3.63, 3.8) is 0 Å². The average Bonchev–Trinajstić information content (AvgIpc) is 2.85. The summed E-state index contributed by atoms with van der Waals surface area (Å²) in [6, 6.07) is 0. The van der Waals surface area contributed by atoms with Gasteiger partial charge in [0.2, 0.25) is 0 Å². The van der Waals surface area contributed by atoms with Gasteiger partial charge in [-0.15, -0.1) is 6.58 Å². The Morgan fingerprint density at radius 2 is 1.50 bits per heavy atom. The second-order valence-electron chi connectivity index (χ2n) is 11.4. The number of allylic oxidation sites excluding steroid dienone is 1. The molecule has 3 fully saturated rings. The van der Waals surface area contributed by atoms with Crippen LogP contribution in [0, 0.1) is 66.6 Å². The molecule has 0 unspecified atom stereocenters. The molecule has 0 aliphatic heterocycles. The van der Waals surface area contributed by atoms with Gasteiger partial charge < -0.3 is 22.1 Å². The molecule has 3 saturated carbocycles. The predicted octanol–water partition coefficient (Wildman–Crippen LogP) is 8.43. The zero-order valence-corrected chi connectivity index (χ0v) is 27.3. The Hall–Kier alpha value is -0.537. The fraction of sp³-hybridized carbons (Fsp3) is 0.848. The third-order valence-corrected chi connectivity index (χ3v) is 9.75. The van der Waals surface area contributed by atoms with Gasteiger partial charge in [0, 0.05) is 38.9 Å². The van der Waals surface area contributed by atoms with Crippen molar-refractivity contribution in [1.82, 2.24) is 0 Å². The van der Waals surface area contributed by atoms with Gasteiger partial charge in [0.1, 0.15) is 6.29 Å². The van der Waals surface area contributed by atoms with Crippen LogP contribution in [0.5, 0.6) is 0 Å². The first-order valence-electron chi connectivity index (χ1n) is 14.2. The Labute approximate surface area is 250 Å². The van der Waals surface area contributed by atoms with Crippen molar-refractivity contribution in [2.75, 3.05) is 13.2 Å². The molecule has 222 valence electrons. The summed E-state index contributed by atoms with van der Waals surface area (Å²) >= 11 is 0. The quantitative estimate of drug-likeness (QED) is 0.102. The van der Waals surface area contributed by atoms with E-state index in [1.807, 2.05) is 0 Å². The Morgan fingerprint density at radius 3 is 1.97 bits per heavy atom. The monoisotopic (exact) mass is 587 g/mol. The Balaban J connectivity index is -0.000000585. The van der Waals surface area contributed by atoms with Crippen molar-refractivity contribution in [2.24, 2.45) is 59.2 Å². The molecule has 0 bridgehead atoms. The van der Waals surface area contributed by atoms with E-state index < -0.39 is 0 Å². The standard InChI is InChI=1S/C15H26O3.C15H26O.2CH4.CH3.Zn/c1-5-13-10(3)7-12(9-18-11(4)17)14(6-2)15(13)8-16;1-3-13-12(10-16)9-11-7-5-6-8-15(11)14(13)4-2;;;;/h8,10,12-15H,5-7,9H2,1-4H3;4,11-16H,2-3,5-10H2,1H3;2*1H4;1H3;/q;;;;-1;/t10-,12-,13+,14-,15-;11-,12-,13-,14+,15+;;;;/m00..../s1. The van der Waals surface area contributed by atoms with Gasteiger partial charge in [-0.2, -0.15) is 0 Å². The first-order chi connectivity index (χ1) is 16.4. The molecule has 0 spiro atoms. The van der Waals surface area contributed by atoms with Gasteiger partial charge >= 0.3 is 5.97 Å². The topological polar surface area (TPSA) is 63.6 Å². The number of aliphatic hydroxyl groups is 1. The third-order valence-electron chi connectivity index (χ3n) is 9.75. The molecular weight excluding hydrogens is 526 g/mol. The average molecular weight is 589 g/mol. The first kappa shape index (κ1) is 41.9. The van der Waals surface area contributed by atoms with Crippen LogP contribution in [0.25, 0.3) is 0 Å². The van der Waals surface area contributed by atoms with Crippen LogP contribution in [0.4, 0.5) is 0 Å². The second-order valence-corrected chi connectivity index (χ2v) is 11.4. The summed E-state index contributed by atoms with van der Waals surface area (Å²) in [5, 5.41) is 9.56. The number of hydrogen-bond donors (Lipinski definition) is 1. The predicted molar refractivity (Wildman–Crippen MR) is 159 cm³/mol. The zero-order chi connectivity index (χ0) is 25.3. The molecule has 0 aromatic carbocycles. The van der Waals surface area contributed by atoms with Gasteiger partial charge in [-0.05, 0) is 72.5 Å². The number of aldehydes is 1. The summed E-state index contributed by atoms with van der Waals surface area (Å²) in [7, 11) is 0. The van der Waals surface area contributed by atoms with Crippen LogP contribution in [0.1, 0.15) is 107 Å². The van der Waals surface area contributed by atoms with Crippen molar-refractivity contribution >= 4 is 12.3 Å². The maximum absolute atomic E-state index is 11.4. The van der Waals surface area contributed by atoms with Crippen LogP contribution in [0.3, 0.4) is 0 Å². The van der Waals surface area contributed by atoms with E-state index in [2.05, 4.69) is 40.3 Å². The molecule has 0 amide bonds. The fourth-order valence-electron chi connectivity index (χ4n) is 8.13. The smallest absolute Gasteiger partial charge is 0.302 e. The van der Waals surface area contributed by atoms with Crippen LogP contribution in [-0.2, 0) is 33.8 Å². The number of ether oxygens (including phenoxy) is 1. The number of carbonyl (C=O) groups is 2. The minimum absolute atomic E-state index is 0. The van der Waals surface area contributed by atoms with E-state index in [1.165, 1.54) is 45.4 Å². The normalized spacial score (nSPS) is 35.5. The molecule has 10 atom stereocenters. The largest absolute Gasteiger partial charge is 0.466 e. The van der Waals surface area contributed by atoms with Crippen LogP contribution in [-0.4, -0.2) is 30.6 Å². The molecule has 0 radical (unpaired) electrons. The molecule has 0 saturated heterocycles. The summed E-state index contributed by atoms with van der Waals surface area (Å²) in [4.78, 5) is 22.4. The Morgan fingerprint density at radius 1 is 0.947 bits per heavy atom. The number of aliphatic hydroxyl groups excluding tert-OH is 1. The maximum atomic E-state index is 11.4. The molecule has 0 aromatic heterocycles. The molecule has 0 heterocycles. The van der Waals surface area contributed by atoms with E-state index in [4.69, 9.17) is 4.74 Å². The summed E-state index contributed by atoms with van der Waals surface area (Å²) in [5.74, 6) is 5.26. The van der Waals surface area contributed by atoms with Gasteiger partial charge in [0.05, 0.1) is 6.61 Å². The molecule has 4 nitrogen and oxygen atoms in total. The molecule has 5 heteroatoms. The van der Waals surface area contributed by atoms with E-state index in [0.29, 0.717) is 54.6 Å². The van der Waals surface area contributed by atoms with Crippen molar-refractivity contribution in [2.45, 2.75) is 107 Å². The molecular formula is C33H63O4Zn-. The summed E-state index contributed by atoms with van der Waals surface area (Å²) in [6.45, 7) is 15.1. The second kappa shape index (κ2) is 21.2. The molecule has 3 aliphatic rings. The molecule has 0 aromatic rings. The number of rotatable bonds is 8. The number of hydrogen-bond acceptors (Lipinski definition) is 4. The fourth-order valence-corrected chi connectivity index (χ4v) is 8.13. The van der Waals surface area contributed by atoms with E-state index >= 15 is 0 Å². The third kappa shape index (κ3) is 10.5. The summed E-state index contributed by atoms with van der Waals surface area (Å²) < 4.78 is 5.17. The van der Waals surface area contributed by atoms with E-state index in [-0.39, 0.29) is 53.6 Å². The van der Waals surface area contributed by atoms with E-state index in [9.17, 15) is 14.7 Å². The van der Waals surface area contributed by atoms with Crippen LogP contribution in [0.2, 0.25) is 0 Å². The summed E-state index contributed by atoms with van der Waals surface area (Å²) in [6.07, 6.45) is 14.5. The van der Waals surface area contributed by atoms with Gasteiger partial charge in [0.15, 0.2) is 0 Å². The Bertz CT molecular complexity index is 632. The van der Waals surface area contributed by atoms with Gasteiger partial charge in [-0.1, -0.05) is 87.1 Å². The zero-order valence-electron chi connectivity index (χ0n) is 24.3. The molecule has 38 heavy (non-hydrogen) atoms. The van der Waals surface area contributed by atoms with Crippen LogP contribution >= 0.6 is 0 Å². The Kier molecular flexibility index (Phi) is 23.4. The maximum Gasteiger partial charge on any atom is 0.302 e. The van der Waals surface area contributed by atoms with Crippen LogP contribution in [0.15, 0.2) is 12.7 Å². The van der Waals surface area contributed by atoms with E-state index in [1.54, 1.807) is 0 Å². The first-order valence-corrected chi connectivity index (χ1v) is 14.2. The van der Waals surface area contributed by atoms with Crippen molar-refractivity contribution < 1.29 is 38.9 Å². The van der Waals surface area contributed by atoms with Crippen LogP contribution < -0.4 is 0 Å². The van der Waals surface area contributed by atoms with Crippen molar-refractivity contribution in [1.29, 1.82) is 0 Å². The summed E-state index contributed by atoms with van der Waals surface area (Å²) in [5.41, 5.74) is 0. The number of esters is 1. The molecule has 3 rings (SSSR count). The van der Waals surface area contributed by atoms with Crippen molar-refractivity contribution in [3.8, 4) is 0 Å². The van der Waals surface area contributed by atoms with E-state index in [0.717, 1.165) is 37.4 Å².